The average molecular weight is 404 g/mol. The molecule has 0 spiro atoms. The fourth-order valence-electron chi connectivity index (χ4n) is 2.63. The van der Waals surface area contributed by atoms with Crippen LogP contribution in [-0.4, -0.2) is 34.9 Å². The highest BCUT2D eigenvalue weighted by Gasteiger charge is 2.28. The number of benzene rings is 2. The van der Waals surface area contributed by atoms with Gasteiger partial charge in [0.2, 0.25) is 5.91 Å². The molecule has 0 aliphatic carbocycles. The van der Waals surface area contributed by atoms with Crippen LogP contribution in [0.4, 0.5) is 8.78 Å². The molecule has 0 unspecified atom stereocenters. The quantitative estimate of drug-likeness (QED) is 0.766. The molecule has 5 nitrogen and oxygen atoms in total. The van der Waals surface area contributed by atoms with Gasteiger partial charge in [0.05, 0.1) is 0 Å². The van der Waals surface area contributed by atoms with E-state index in [1.807, 2.05) is 20.8 Å². The third-order valence-electron chi connectivity index (χ3n) is 4.12. The van der Waals surface area contributed by atoms with E-state index >= 15 is 0 Å². The summed E-state index contributed by atoms with van der Waals surface area (Å²) in [6, 6.07) is 10.6. The first kappa shape index (κ1) is 22.3. The van der Waals surface area contributed by atoms with Gasteiger partial charge in [0.15, 0.2) is 18.2 Å². The Hall–Kier alpha value is -2.96. The Morgan fingerprint density at radius 1 is 1.07 bits per heavy atom. The summed E-state index contributed by atoms with van der Waals surface area (Å²) in [6.45, 7) is 6.76. The van der Waals surface area contributed by atoms with E-state index in [1.165, 1.54) is 35.2 Å². The van der Waals surface area contributed by atoms with Gasteiger partial charge in [-0.05, 0) is 57.5 Å². The van der Waals surface area contributed by atoms with Gasteiger partial charge in [-0.3, -0.25) is 9.59 Å². The third-order valence-corrected chi connectivity index (χ3v) is 4.12. The van der Waals surface area contributed by atoms with Crippen LogP contribution in [0.5, 0.6) is 5.75 Å². The zero-order chi connectivity index (χ0) is 21.6. The summed E-state index contributed by atoms with van der Waals surface area (Å²) in [5.74, 6) is -1.85. The number of hydrogen-bond donors (Lipinski definition) is 1. The number of nitrogens with one attached hydrogen (secondary N) is 1. The predicted octanol–water partition coefficient (Wildman–Crippen LogP) is 3.68. The van der Waals surface area contributed by atoms with Crippen LogP contribution in [0.25, 0.3) is 0 Å². The van der Waals surface area contributed by atoms with Crippen molar-refractivity contribution in [2.45, 2.75) is 45.8 Å². The summed E-state index contributed by atoms with van der Waals surface area (Å²) >= 11 is 0. The number of para-hydroxylation sites is 1. The van der Waals surface area contributed by atoms with E-state index < -0.39 is 35.7 Å². The predicted molar refractivity (Wildman–Crippen MR) is 106 cm³/mol. The first-order valence-electron chi connectivity index (χ1n) is 9.30. The number of rotatable bonds is 7. The highest BCUT2D eigenvalue weighted by atomic mass is 19.1. The first-order valence-corrected chi connectivity index (χ1v) is 9.30. The minimum absolute atomic E-state index is 0.0469. The maximum absolute atomic E-state index is 13.7. The minimum Gasteiger partial charge on any atom is -0.481 e. The lowest BCUT2D eigenvalue weighted by molar-refractivity contribution is -0.142. The van der Waals surface area contributed by atoms with Crippen LogP contribution in [0, 0.1) is 11.6 Å². The molecule has 2 amide bonds. The molecule has 1 N–H and O–H groups in total. The molecular weight excluding hydrogens is 378 g/mol. The van der Waals surface area contributed by atoms with Gasteiger partial charge in [-0.25, -0.2) is 8.78 Å². The smallest absolute Gasteiger partial charge is 0.261 e. The fourth-order valence-corrected chi connectivity index (χ4v) is 2.63. The van der Waals surface area contributed by atoms with Crippen molar-refractivity contribution in [2.24, 2.45) is 0 Å². The molecule has 0 aromatic heterocycles. The monoisotopic (exact) mass is 404 g/mol. The Morgan fingerprint density at radius 3 is 2.28 bits per heavy atom. The number of amides is 2. The van der Waals surface area contributed by atoms with Crippen molar-refractivity contribution in [2.75, 3.05) is 6.61 Å². The Balaban J connectivity index is 2.18. The molecule has 0 radical (unpaired) electrons. The van der Waals surface area contributed by atoms with E-state index in [0.29, 0.717) is 5.56 Å². The lowest BCUT2D eigenvalue weighted by Gasteiger charge is -2.31. The lowest BCUT2D eigenvalue weighted by Crippen LogP contribution is -2.53. The van der Waals surface area contributed by atoms with Crippen LogP contribution in [0.1, 0.15) is 33.3 Å². The fraction of sp³-hybridized carbons (Fsp3) is 0.364. The van der Waals surface area contributed by atoms with Crippen molar-refractivity contribution in [1.29, 1.82) is 0 Å². The minimum atomic E-state index is -0.809. The topological polar surface area (TPSA) is 58.6 Å². The van der Waals surface area contributed by atoms with Crippen molar-refractivity contribution < 1.29 is 23.1 Å². The molecular formula is C22H26F2N2O3. The molecule has 0 aliphatic rings. The molecule has 29 heavy (non-hydrogen) atoms. The first-order chi connectivity index (χ1) is 13.6. The SMILES string of the molecule is C[C@@H](C(=O)NC(C)(C)C)N(Cc1ccc(F)cc1)C(=O)COc1ccccc1F. The van der Waals surface area contributed by atoms with Gasteiger partial charge in [0.1, 0.15) is 11.9 Å². The highest BCUT2D eigenvalue weighted by molar-refractivity contribution is 5.88. The number of carbonyl (C=O) groups is 2. The van der Waals surface area contributed by atoms with Crippen LogP contribution < -0.4 is 10.1 Å². The van der Waals surface area contributed by atoms with Gasteiger partial charge >= 0.3 is 0 Å². The number of nitrogens with zero attached hydrogens (tertiary/aromatic N) is 1. The van der Waals surface area contributed by atoms with Crippen LogP contribution in [0.15, 0.2) is 48.5 Å². The molecule has 0 heterocycles. The Morgan fingerprint density at radius 2 is 1.69 bits per heavy atom. The van der Waals surface area contributed by atoms with Crippen LogP contribution in [0.2, 0.25) is 0 Å². The van der Waals surface area contributed by atoms with Crippen molar-refractivity contribution in [3.63, 3.8) is 0 Å². The molecule has 156 valence electrons. The molecule has 0 fully saturated rings. The summed E-state index contributed by atoms with van der Waals surface area (Å²) in [6.07, 6.45) is 0. The summed E-state index contributed by atoms with van der Waals surface area (Å²) in [5, 5.41) is 2.84. The van der Waals surface area contributed by atoms with Gasteiger partial charge in [-0.2, -0.15) is 0 Å². The van der Waals surface area contributed by atoms with E-state index in [4.69, 9.17) is 4.74 Å². The summed E-state index contributed by atoms with van der Waals surface area (Å²) in [5.41, 5.74) is 0.181. The van der Waals surface area contributed by atoms with Crippen LogP contribution >= 0.6 is 0 Å². The van der Waals surface area contributed by atoms with Gasteiger partial charge < -0.3 is 15.0 Å². The van der Waals surface area contributed by atoms with Crippen molar-refractivity contribution in [3.8, 4) is 5.75 Å². The normalized spacial score (nSPS) is 12.2. The summed E-state index contributed by atoms with van der Waals surface area (Å²) in [7, 11) is 0. The van der Waals surface area contributed by atoms with Gasteiger partial charge in [-0.1, -0.05) is 24.3 Å². The lowest BCUT2D eigenvalue weighted by atomic mass is 10.1. The Kier molecular flexibility index (Phi) is 7.31. The molecule has 0 saturated carbocycles. The largest absolute Gasteiger partial charge is 0.481 e. The molecule has 2 aromatic rings. The number of hydrogen-bond acceptors (Lipinski definition) is 3. The Labute approximate surface area is 169 Å². The van der Waals surface area contributed by atoms with Crippen molar-refractivity contribution in [3.05, 3.63) is 65.7 Å². The summed E-state index contributed by atoms with van der Waals surface area (Å²) < 4.78 is 32.3. The van der Waals surface area contributed by atoms with Crippen molar-refractivity contribution in [1.82, 2.24) is 10.2 Å². The molecule has 0 aliphatic heterocycles. The van der Waals surface area contributed by atoms with E-state index in [9.17, 15) is 18.4 Å². The van der Waals surface area contributed by atoms with E-state index in [0.717, 1.165) is 0 Å². The number of halogens is 2. The highest BCUT2D eigenvalue weighted by Crippen LogP contribution is 2.17. The van der Waals surface area contributed by atoms with E-state index in [2.05, 4.69) is 5.32 Å². The van der Waals surface area contributed by atoms with Crippen LogP contribution in [0.3, 0.4) is 0 Å². The standard InChI is InChI=1S/C22H26F2N2O3/c1-15(21(28)25-22(2,3)4)26(13-16-9-11-17(23)12-10-16)20(27)14-29-19-8-6-5-7-18(19)24/h5-12,15H,13-14H2,1-4H3,(H,25,28)/t15-/m0/s1. The summed E-state index contributed by atoms with van der Waals surface area (Å²) in [4.78, 5) is 26.8. The zero-order valence-electron chi connectivity index (χ0n) is 17.0. The van der Waals surface area contributed by atoms with Crippen LogP contribution in [-0.2, 0) is 16.1 Å². The second kappa shape index (κ2) is 9.49. The molecule has 2 aromatic carbocycles. The molecule has 2 rings (SSSR count). The molecule has 7 heteroatoms. The third kappa shape index (κ3) is 6.85. The van der Waals surface area contributed by atoms with E-state index in [1.54, 1.807) is 25.1 Å². The second-order valence-electron chi connectivity index (χ2n) is 7.78. The average Bonchev–Trinajstić information content (AvgIpc) is 2.64. The zero-order valence-corrected chi connectivity index (χ0v) is 17.0. The van der Waals surface area contributed by atoms with Gasteiger partial charge in [0.25, 0.3) is 5.91 Å². The maximum Gasteiger partial charge on any atom is 0.261 e. The van der Waals surface area contributed by atoms with E-state index in [-0.39, 0.29) is 18.2 Å². The van der Waals surface area contributed by atoms with Gasteiger partial charge in [-0.15, -0.1) is 0 Å². The molecule has 0 saturated heterocycles. The number of carbonyl (C=O) groups excluding carboxylic acids is 2. The second-order valence-corrected chi connectivity index (χ2v) is 7.78. The molecule has 0 bridgehead atoms. The maximum atomic E-state index is 13.7. The number of ether oxygens (including phenoxy) is 1. The molecule has 1 atom stereocenters. The van der Waals surface area contributed by atoms with Crippen molar-refractivity contribution >= 4 is 11.8 Å². The Bertz CT molecular complexity index is 848. The van der Waals surface area contributed by atoms with Gasteiger partial charge in [0, 0.05) is 12.1 Å².